The van der Waals surface area contributed by atoms with Gasteiger partial charge in [0.1, 0.15) is 21.4 Å². The van der Waals surface area contributed by atoms with E-state index >= 15 is 0 Å². The summed E-state index contributed by atoms with van der Waals surface area (Å²) in [5, 5.41) is 1.48. The van der Waals surface area contributed by atoms with Crippen molar-refractivity contribution in [2.75, 3.05) is 6.54 Å². The number of imide groups is 1. The summed E-state index contributed by atoms with van der Waals surface area (Å²) in [6, 6.07) is 26.2. The van der Waals surface area contributed by atoms with Crippen LogP contribution in [0, 0.1) is 0 Å². The maximum absolute atomic E-state index is 13.5. The van der Waals surface area contributed by atoms with Crippen molar-refractivity contribution in [1.29, 1.82) is 0 Å². The number of aromatic amines is 1. The largest absolute Gasteiger partial charge is 0.443 e. The van der Waals surface area contributed by atoms with Gasteiger partial charge in [-0.1, -0.05) is 66.7 Å². The van der Waals surface area contributed by atoms with Crippen molar-refractivity contribution in [2.45, 2.75) is 49.1 Å². The number of hydrogen-bond acceptors (Lipinski definition) is 4. The lowest BCUT2D eigenvalue weighted by atomic mass is 10.1. The molecule has 6 nitrogen and oxygen atoms in total. The molecule has 4 aromatic rings. The molecule has 0 aliphatic carbocycles. The quantitative estimate of drug-likeness (QED) is 0.342. The normalized spacial score (nSPS) is 12.3. The Labute approximate surface area is 213 Å². The van der Waals surface area contributed by atoms with Crippen LogP contribution in [-0.2, 0) is 33.2 Å². The highest BCUT2D eigenvalue weighted by Crippen LogP contribution is 2.28. The number of amides is 2. The van der Waals surface area contributed by atoms with Crippen molar-refractivity contribution in [3.63, 3.8) is 0 Å². The van der Waals surface area contributed by atoms with E-state index in [2.05, 4.69) is 4.98 Å². The number of aromatic nitrogens is 1. The molecule has 1 aromatic heterocycles. The predicted molar refractivity (Wildman–Crippen MR) is 141 cm³/mol. The molecule has 186 valence electrons. The zero-order chi connectivity index (χ0) is 25.7. The van der Waals surface area contributed by atoms with Crippen molar-refractivity contribution in [3.05, 3.63) is 96.1 Å². The number of hydrogen-bond donors (Lipinski definition) is 1. The van der Waals surface area contributed by atoms with E-state index in [1.54, 1.807) is 20.8 Å². The molecule has 4 rings (SSSR count). The molecule has 0 saturated heterocycles. The van der Waals surface area contributed by atoms with Crippen molar-refractivity contribution in [2.24, 2.45) is 0 Å². The van der Waals surface area contributed by atoms with Gasteiger partial charge in [0.05, 0.1) is 6.42 Å². The van der Waals surface area contributed by atoms with Crippen LogP contribution in [0.3, 0.4) is 0 Å². The fourth-order valence-electron chi connectivity index (χ4n) is 3.97. The summed E-state index contributed by atoms with van der Waals surface area (Å²) in [5.41, 5.74) is 1.73. The van der Waals surface area contributed by atoms with Gasteiger partial charge < -0.3 is 9.72 Å². The van der Waals surface area contributed by atoms with Crippen molar-refractivity contribution < 1.29 is 18.5 Å². The van der Waals surface area contributed by atoms with Gasteiger partial charge in [-0.05, 0) is 56.5 Å². The van der Waals surface area contributed by atoms with Gasteiger partial charge in [-0.2, -0.15) is 0 Å². The van der Waals surface area contributed by atoms with Crippen molar-refractivity contribution in [3.8, 4) is 0 Å². The first-order valence-electron chi connectivity index (χ1n) is 11.9. The zero-order valence-corrected chi connectivity index (χ0v) is 21.5. The van der Waals surface area contributed by atoms with E-state index < -0.39 is 22.5 Å². The summed E-state index contributed by atoms with van der Waals surface area (Å²) < 4.78 is 19.0. The number of nitrogens with one attached hydrogen (secondary N) is 1. The van der Waals surface area contributed by atoms with Crippen LogP contribution >= 0.6 is 0 Å². The van der Waals surface area contributed by atoms with Crippen molar-refractivity contribution in [1.82, 2.24) is 9.88 Å². The van der Waals surface area contributed by atoms with Gasteiger partial charge in [0.2, 0.25) is 5.91 Å². The van der Waals surface area contributed by atoms with Crippen LogP contribution in [0.15, 0.2) is 94.9 Å². The van der Waals surface area contributed by atoms with Gasteiger partial charge in [-0.25, -0.2) is 13.9 Å². The molecule has 36 heavy (non-hydrogen) atoms. The number of nitrogens with zero attached hydrogens (tertiary/aromatic N) is 1. The Balaban J connectivity index is 1.65. The number of carbonyl (C=O) groups excluding carboxylic acids is 2. The van der Waals surface area contributed by atoms with Crippen LogP contribution < -0.4 is 0 Å². The van der Waals surface area contributed by atoms with E-state index in [1.165, 1.54) is 0 Å². The van der Waals surface area contributed by atoms with Gasteiger partial charge in [0.15, 0.2) is 0 Å². The summed E-state index contributed by atoms with van der Waals surface area (Å²) >= 11 is 0. The molecule has 1 N–H and O–H groups in total. The average Bonchev–Trinajstić information content (AvgIpc) is 3.22. The summed E-state index contributed by atoms with van der Waals surface area (Å²) in [5.74, 6) is -0.346. The highest BCUT2D eigenvalue weighted by atomic mass is 32.2. The minimum Gasteiger partial charge on any atom is -0.443 e. The van der Waals surface area contributed by atoms with Gasteiger partial charge in [-0.3, -0.25) is 4.79 Å². The Morgan fingerprint density at radius 2 is 1.50 bits per heavy atom. The monoisotopic (exact) mass is 502 g/mol. The van der Waals surface area contributed by atoms with Crippen LogP contribution in [0.4, 0.5) is 4.79 Å². The fraction of sp³-hybridized carbons (Fsp3) is 0.241. The van der Waals surface area contributed by atoms with E-state index in [9.17, 15) is 13.8 Å². The summed E-state index contributed by atoms with van der Waals surface area (Å²) in [6.45, 7) is 5.41. The van der Waals surface area contributed by atoms with Crippen molar-refractivity contribution >= 4 is 33.7 Å². The number of carbonyl (C=O) groups is 2. The fourth-order valence-corrected chi connectivity index (χ4v) is 5.25. The maximum atomic E-state index is 13.5. The molecular weight excluding hydrogens is 472 g/mol. The highest BCUT2D eigenvalue weighted by molar-refractivity contribution is 7.85. The number of para-hydroxylation sites is 1. The Hall–Kier alpha value is -3.71. The molecule has 1 unspecified atom stereocenters. The van der Waals surface area contributed by atoms with E-state index in [-0.39, 0.29) is 18.9 Å². The average molecular weight is 503 g/mol. The molecule has 3 aromatic carbocycles. The SMILES string of the molecule is CC(C)(C)OC(=O)N(CCc1c(S(=O)c2ccccc2)[nH]c2ccccc12)C(=O)Cc1ccccc1. The van der Waals surface area contributed by atoms with Crippen LogP contribution in [0.25, 0.3) is 10.9 Å². The second-order valence-electron chi connectivity index (χ2n) is 9.50. The molecule has 1 atom stereocenters. The van der Waals surface area contributed by atoms with Gasteiger partial charge in [0.25, 0.3) is 0 Å². The first-order chi connectivity index (χ1) is 17.2. The zero-order valence-electron chi connectivity index (χ0n) is 20.7. The van der Waals surface area contributed by atoms with E-state index in [0.29, 0.717) is 16.3 Å². The first-order valence-corrected chi connectivity index (χ1v) is 13.0. The number of benzene rings is 3. The van der Waals surface area contributed by atoms with Crippen LogP contribution in [0.5, 0.6) is 0 Å². The molecule has 0 spiro atoms. The predicted octanol–water partition coefficient (Wildman–Crippen LogP) is 5.88. The number of H-pyrrole nitrogens is 1. The second kappa shape index (κ2) is 10.9. The lowest BCUT2D eigenvalue weighted by molar-refractivity contribution is -0.129. The standard InChI is InChI=1S/C29H30N2O4S/c1-29(2,3)35-28(33)31(26(32)20-21-12-6-4-7-13-21)19-18-24-23-16-10-11-17-25(23)30-27(24)36(34)22-14-8-5-9-15-22/h4-17,30H,18-20H2,1-3H3. The first kappa shape index (κ1) is 25.4. The lowest BCUT2D eigenvalue weighted by Crippen LogP contribution is -2.42. The third-order valence-electron chi connectivity index (χ3n) is 5.62. The molecule has 0 radical (unpaired) electrons. The molecule has 0 fully saturated rings. The smallest absolute Gasteiger partial charge is 0.417 e. The Bertz CT molecular complexity index is 1370. The minimum atomic E-state index is -1.45. The third-order valence-corrected chi connectivity index (χ3v) is 7.04. The highest BCUT2D eigenvalue weighted by Gasteiger charge is 2.28. The van der Waals surface area contributed by atoms with Gasteiger partial charge >= 0.3 is 6.09 Å². The summed E-state index contributed by atoms with van der Waals surface area (Å²) in [4.78, 5) is 31.5. The molecule has 0 aliphatic heterocycles. The lowest BCUT2D eigenvalue weighted by Gasteiger charge is -2.26. The molecular formula is C29H30N2O4S. The molecule has 2 amide bonds. The van der Waals surface area contributed by atoms with Crippen LogP contribution in [0.2, 0.25) is 0 Å². The molecule has 7 heteroatoms. The number of ether oxygens (including phenoxy) is 1. The van der Waals surface area contributed by atoms with E-state index in [0.717, 1.165) is 26.9 Å². The maximum Gasteiger partial charge on any atom is 0.417 e. The summed E-state index contributed by atoms with van der Waals surface area (Å²) in [6.07, 6.45) is -0.275. The minimum absolute atomic E-state index is 0.0801. The van der Waals surface area contributed by atoms with E-state index in [4.69, 9.17) is 4.74 Å². The van der Waals surface area contributed by atoms with Crippen LogP contribution in [0.1, 0.15) is 31.9 Å². The number of fused-ring (bicyclic) bond motifs is 1. The van der Waals surface area contributed by atoms with Gasteiger partial charge in [-0.15, -0.1) is 0 Å². The Morgan fingerprint density at radius 1 is 0.889 bits per heavy atom. The Morgan fingerprint density at radius 3 is 2.17 bits per heavy atom. The molecule has 0 bridgehead atoms. The Kier molecular flexibility index (Phi) is 7.70. The van der Waals surface area contributed by atoms with Crippen LogP contribution in [-0.4, -0.2) is 38.2 Å². The molecule has 1 heterocycles. The molecule has 0 saturated carbocycles. The molecule has 0 aliphatic rings. The second-order valence-corrected chi connectivity index (χ2v) is 10.9. The summed E-state index contributed by atoms with van der Waals surface area (Å²) in [7, 11) is -1.45. The van der Waals surface area contributed by atoms with Gasteiger partial charge in [0, 0.05) is 22.3 Å². The topological polar surface area (TPSA) is 79.5 Å². The van der Waals surface area contributed by atoms with E-state index in [1.807, 2.05) is 84.9 Å². The number of rotatable bonds is 7. The third kappa shape index (κ3) is 6.10.